The number of aromatic nitrogens is 1. The highest BCUT2D eigenvalue weighted by Crippen LogP contribution is 2.31. The average Bonchev–Trinajstić information content (AvgIpc) is 3.23. The molecule has 150 valence electrons. The Kier molecular flexibility index (Phi) is 4.43. The molecule has 0 saturated carbocycles. The first kappa shape index (κ1) is 18.3. The number of carbonyl (C=O) groups is 3. The van der Waals surface area contributed by atoms with E-state index < -0.39 is 12.6 Å². The van der Waals surface area contributed by atoms with E-state index in [1.54, 1.807) is 12.1 Å². The summed E-state index contributed by atoms with van der Waals surface area (Å²) in [7, 11) is 0. The molecule has 30 heavy (non-hydrogen) atoms. The highest BCUT2D eigenvalue weighted by molar-refractivity contribution is 6.07. The summed E-state index contributed by atoms with van der Waals surface area (Å²) in [5.41, 5.74) is 3.87. The summed E-state index contributed by atoms with van der Waals surface area (Å²) >= 11 is 0. The van der Waals surface area contributed by atoms with Crippen molar-refractivity contribution in [2.45, 2.75) is 19.3 Å². The number of aryl methyl sites for hydroxylation is 1. The molecule has 5 rings (SSSR count). The Labute approximate surface area is 172 Å². The third kappa shape index (κ3) is 3.18. The van der Waals surface area contributed by atoms with Crippen LogP contribution in [0.1, 0.15) is 38.4 Å². The number of ether oxygens (including phenoxy) is 2. The quantitative estimate of drug-likeness (QED) is 0.532. The SMILES string of the molecule is O=C1COc2ccc(C(=O)COC(=O)c3c4c(nc5ccccc35)CCC4)cc2N1. The maximum atomic E-state index is 13.0. The molecule has 0 bridgehead atoms. The van der Waals surface area contributed by atoms with Gasteiger partial charge < -0.3 is 14.8 Å². The van der Waals surface area contributed by atoms with Crippen molar-refractivity contribution in [3.05, 3.63) is 64.8 Å². The minimum atomic E-state index is -0.519. The fourth-order valence-electron chi connectivity index (χ4n) is 3.99. The van der Waals surface area contributed by atoms with Gasteiger partial charge in [0.05, 0.1) is 16.8 Å². The summed E-state index contributed by atoms with van der Waals surface area (Å²) in [5, 5.41) is 3.40. The van der Waals surface area contributed by atoms with Gasteiger partial charge in [-0.25, -0.2) is 4.79 Å². The van der Waals surface area contributed by atoms with Crippen LogP contribution in [0.15, 0.2) is 42.5 Å². The molecule has 0 saturated heterocycles. The molecule has 0 spiro atoms. The summed E-state index contributed by atoms with van der Waals surface area (Å²) in [4.78, 5) is 41.7. The van der Waals surface area contributed by atoms with Crippen LogP contribution in [0.2, 0.25) is 0 Å². The smallest absolute Gasteiger partial charge is 0.339 e. The maximum Gasteiger partial charge on any atom is 0.339 e. The van der Waals surface area contributed by atoms with Crippen molar-refractivity contribution >= 4 is 34.3 Å². The zero-order valence-electron chi connectivity index (χ0n) is 16.1. The molecule has 2 aliphatic rings. The van der Waals surface area contributed by atoms with E-state index in [9.17, 15) is 14.4 Å². The fraction of sp³-hybridized carbons (Fsp3) is 0.217. The zero-order valence-corrected chi connectivity index (χ0v) is 16.1. The fourth-order valence-corrected chi connectivity index (χ4v) is 3.99. The van der Waals surface area contributed by atoms with Crippen molar-refractivity contribution in [1.29, 1.82) is 0 Å². The van der Waals surface area contributed by atoms with E-state index in [4.69, 9.17) is 9.47 Å². The lowest BCUT2D eigenvalue weighted by atomic mass is 10.0. The lowest BCUT2D eigenvalue weighted by molar-refractivity contribution is -0.118. The van der Waals surface area contributed by atoms with E-state index in [-0.39, 0.29) is 18.3 Å². The number of Topliss-reactive ketones (excluding diaryl/α,β-unsaturated/α-hetero) is 1. The first-order valence-electron chi connectivity index (χ1n) is 9.77. The van der Waals surface area contributed by atoms with Crippen LogP contribution in [0.5, 0.6) is 5.75 Å². The summed E-state index contributed by atoms with van der Waals surface area (Å²) in [6, 6.07) is 12.2. The number of nitrogens with one attached hydrogen (secondary N) is 1. The van der Waals surface area contributed by atoms with E-state index in [0.29, 0.717) is 22.6 Å². The minimum Gasteiger partial charge on any atom is -0.482 e. The first-order valence-corrected chi connectivity index (χ1v) is 9.77. The van der Waals surface area contributed by atoms with Gasteiger partial charge in [-0.2, -0.15) is 0 Å². The van der Waals surface area contributed by atoms with Crippen LogP contribution in [-0.4, -0.2) is 35.9 Å². The Balaban J connectivity index is 1.38. The van der Waals surface area contributed by atoms with Crippen LogP contribution in [-0.2, 0) is 22.4 Å². The maximum absolute atomic E-state index is 13.0. The van der Waals surface area contributed by atoms with Crippen molar-refractivity contribution in [1.82, 2.24) is 4.98 Å². The number of hydrogen-bond acceptors (Lipinski definition) is 6. The third-order valence-electron chi connectivity index (χ3n) is 5.39. The number of pyridine rings is 1. The molecule has 0 fully saturated rings. The first-order chi connectivity index (χ1) is 14.6. The van der Waals surface area contributed by atoms with Gasteiger partial charge in [-0.15, -0.1) is 0 Å². The second-order valence-electron chi connectivity index (χ2n) is 7.33. The second kappa shape index (κ2) is 7.26. The number of rotatable bonds is 4. The van der Waals surface area contributed by atoms with E-state index >= 15 is 0 Å². The molecular weight excluding hydrogens is 384 g/mol. The normalized spacial score (nSPS) is 14.5. The molecule has 0 unspecified atom stereocenters. The summed E-state index contributed by atoms with van der Waals surface area (Å²) in [6.07, 6.45) is 2.55. The highest BCUT2D eigenvalue weighted by Gasteiger charge is 2.25. The minimum absolute atomic E-state index is 0.0535. The van der Waals surface area contributed by atoms with Gasteiger partial charge in [0.1, 0.15) is 5.75 Å². The van der Waals surface area contributed by atoms with Gasteiger partial charge >= 0.3 is 5.97 Å². The zero-order chi connectivity index (χ0) is 20.7. The van der Waals surface area contributed by atoms with Gasteiger partial charge in [-0.3, -0.25) is 14.6 Å². The Hall–Kier alpha value is -3.74. The predicted octanol–water partition coefficient (Wildman–Crippen LogP) is 3.09. The largest absolute Gasteiger partial charge is 0.482 e. The molecule has 1 amide bonds. The lowest BCUT2D eigenvalue weighted by Crippen LogP contribution is -2.25. The lowest BCUT2D eigenvalue weighted by Gasteiger charge is -2.18. The molecule has 1 aliphatic heterocycles. The number of nitrogens with zero attached hydrogens (tertiary/aromatic N) is 1. The van der Waals surface area contributed by atoms with E-state index in [1.165, 1.54) is 6.07 Å². The molecular formula is C23H18N2O5. The number of ketones is 1. The number of hydrogen-bond donors (Lipinski definition) is 1. The van der Waals surface area contributed by atoms with Crippen LogP contribution in [0.25, 0.3) is 10.9 Å². The molecule has 1 aromatic heterocycles. The number of benzene rings is 2. The number of carbonyl (C=O) groups excluding carboxylic acids is 3. The van der Waals surface area contributed by atoms with Gasteiger partial charge in [-0.1, -0.05) is 18.2 Å². The van der Waals surface area contributed by atoms with Gasteiger partial charge in [-0.05, 0) is 49.1 Å². The molecule has 1 N–H and O–H groups in total. The van der Waals surface area contributed by atoms with E-state index in [0.717, 1.165) is 41.4 Å². The highest BCUT2D eigenvalue weighted by atomic mass is 16.5. The monoisotopic (exact) mass is 402 g/mol. The van der Waals surface area contributed by atoms with Crippen molar-refractivity contribution in [3.8, 4) is 5.75 Å². The second-order valence-corrected chi connectivity index (χ2v) is 7.33. The van der Waals surface area contributed by atoms with Crippen LogP contribution >= 0.6 is 0 Å². The van der Waals surface area contributed by atoms with Crippen molar-refractivity contribution in [2.75, 3.05) is 18.5 Å². The Morgan fingerprint density at radius 2 is 2.00 bits per heavy atom. The Morgan fingerprint density at radius 1 is 1.13 bits per heavy atom. The number of fused-ring (bicyclic) bond motifs is 3. The van der Waals surface area contributed by atoms with Crippen LogP contribution in [0, 0.1) is 0 Å². The van der Waals surface area contributed by atoms with E-state index in [1.807, 2.05) is 24.3 Å². The summed E-state index contributed by atoms with van der Waals surface area (Å²) < 4.78 is 10.7. The molecule has 3 aromatic rings. The molecule has 0 atom stereocenters. The number of para-hydroxylation sites is 1. The van der Waals surface area contributed by atoms with Crippen LogP contribution in [0.3, 0.4) is 0 Å². The van der Waals surface area contributed by atoms with Gasteiger partial charge in [0.15, 0.2) is 19.0 Å². The molecule has 1 aliphatic carbocycles. The van der Waals surface area contributed by atoms with Gasteiger partial charge in [0.25, 0.3) is 5.91 Å². The van der Waals surface area contributed by atoms with Crippen molar-refractivity contribution < 1.29 is 23.9 Å². The Bertz CT molecular complexity index is 1220. The van der Waals surface area contributed by atoms with Crippen LogP contribution < -0.4 is 10.1 Å². The third-order valence-corrected chi connectivity index (χ3v) is 5.39. The van der Waals surface area contributed by atoms with Gasteiger partial charge in [0, 0.05) is 16.6 Å². The number of amides is 1. The topological polar surface area (TPSA) is 94.6 Å². The predicted molar refractivity (Wildman–Crippen MR) is 109 cm³/mol. The van der Waals surface area contributed by atoms with Crippen molar-refractivity contribution in [3.63, 3.8) is 0 Å². The molecule has 2 heterocycles. The van der Waals surface area contributed by atoms with Crippen molar-refractivity contribution in [2.24, 2.45) is 0 Å². The summed E-state index contributed by atoms with van der Waals surface area (Å²) in [6.45, 7) is -0.444. The molecule has 0 radical (unpaired) electrons. The molecule has 7 nitrogen and oxygen atoms in total. The standard InChI is InChI=1S/C23H18N2O5/c26-19(13-8-9-20-18(10-13)25-21(27)12-29-20)11-30-23(28)22-14-4-1-2-6-16(14)24-17-7-3-5-15(17)22/h1-2,4,6,8-10H,3,5,7,11-12H2,(H,25,27). The molecule has 7 heteroatoms. The Morgan fingerprint density at radius 3 is 2.90 bits per heavy atom. The number of anilines is 1. The summed E-state index contributed by atoms with van der Waals surface area (Å²) in [5.74, 6) is -0.658. The molecule has 2 aromatic carbocycles. The van der Waals surface area contributed by atoms with E-state index in [2.05, 4.69) is 10.3 Å². The van der Waals surface area contributed by atoms with Gasteiger partial charge in [0.2, 0.25) is 0 Å². The van der Waals surface area contributed by atoms with Crippen LogP contribution in [0.4, 0.5) is 5.69 Å². The number of esters is 1. The average molecular weight is 402 g/mol.